The lowest BCUT2D eigenvalue weighted by molar-refractivity contribution is -0.136. The summed E-state index contributed by atoms with van der Waals surface area (Å²) < 4.78 is 39.5. The first kappa shape index (κ1) is 18.4. The summed E-state index contributed by atoms with van der Waals surface area (Å²) in [4.78, 5) is 22.0. The first-order chi connectivity index (χ1) is 11.7. The van der Waals surface area contributed by atoms with Gasteiger partial charge in [-0.3, -0.25) is 9.10 Å². The summed E-state index contributed by atoms with van der Waals surface area (Å²) in [7, 11) is -4.28. The number of anilines is 1. The van der Waals surface area contributed by atoms with Gasteiger partial charge in [-0.15, -0.1) is 0 Å². The number of aromatic carboxylic acids is 1. The van der Waals surface area contributed by atoms with Crippen molar-refractivity contribution in [2.45, 2.75) is 11.3 Å². The van der Waals surface area contributed by atoms with E-state index in [0.29, 0.717) is 4.31 Å². The Morgan fingerprint density at radius 2 is 1.60 bits per heavy atom. The van der Waals surface area contributed by atoms with Crippen molar-refractivity contribution in [1.82, 2.24) is 0 Å². The molecule has 2 rings (SSSR count). The first-order valence-electron chi connectivity index (χ1n) is 7.06. The maximum absolute atomic E-state index is 13.1. The van der Waals surface area contributed by atoms with Crippen LogP contribution < -0.4 is 4.31 Å². The second-order valence-corrected chi connectivity index (χ2v) is 6.86. The van der Waals surface area contributed by atoms with Crippen molar-refractivity contribution in [3.8, 4) is 0 Å². The van der Waals surface area contributed by atoms with Crippen molar-refractivity contribution < 1.29 is 32.6 Å². The van der Waals surface area contributed by atoms with Crippen molar-refractivity contribution in [2.24, 2.45) is 0 Å². The number of para-hydroxylation sites is 1. The third kappa shape index (κ3) is 4.13. The summed E-state index contributed by atoms with van der Waals surface area (Å²) in [6.07, 6.45) is -0.533. The molecule has 0 unspecified atom stereocenters. The highest BCUT2D eigenvalue weighted by Gasteiger charge is 2.28. The van der Waals surface area contributed by atoms with Crippen LogP contribution in [0.5, 0.6) is 0 Å². The third-order valence-electron chi connectivity index (χ3n) is 3.33. The molecular formula is C16H14FNO6S. The molecule has 0 aliphatic carbocycles. The van der Waals surface area contributed by atoms with Gasteiger partial charge in [-0.05, 0) is 36.4 Å². The van der Waals surface area contributed by atoms with Crippen molar-refractivity contribution in [3.05, 3.63) is 59.9 Å². The maximum atomic E-state index is 13.1. The van der Waals surface area contributed by atoms with E-state index in [-0.39, 0.29) is 16.1 Å². The van der Waals surface area contributed by atoms with E-state index in [1.807, 2.05) is 0 Å². The SMILES string of the molecule is O=C(O)CCN(c1ccccc1C(=O)O)S(=O)(=O)c1ccc(F)cc1. The highest BCUT2D eigenvalue weighted by atomic mass is 32.2. The number of sulfonamides is 1. The van der Waals surface area contributed by atoms with E-state index in [0.717, 1.165) is 24.3 Å². The molecule has 2 aromatic carbocycles. The minimum Gasteiger partial charge on any atom is -0.481 e. The van der Waals surface area contributed by atoms with Crippen LogP contribution in [0.3, 0.4) is 0 Å². The topological polar surface area (TPSA) is 112 Å². The molecule has 7 nitrogen and oxygen atoms in total. The summed E-state index contributed by atoms with van der Waals surface area (Å²) in [5, 5.41) is 18.2. The zero-order chi connectivity index (χ0) is 18.6. The van der Waals surface area contributed by atoms with Gasteiger partial charge in [0.2, 0.25) is 0 Å². The van der Waals surface area contributed by atoms with Crippen LogP contribution in [0.25, 0.3) is 0 Å². The van der Waals surface area contributed by atoms with Gasteiger partial charge in [0.15, 0.2) is 0 Å². The van der Waals surface area contributed by atoms with Gasteiger partial charge in [0.1, 0.15) is 5.82 Å². The zero-order valence-electron chi connectivity index (χ0n) is 12.8. The van der Waals surface area contributed by atoms with E-state index in [2.05, 4.69) is 0 Å². The summed E-state index contributed by atoms with van der Waals surface area (Å²) in [5.41, 5.74) is -0.459. The lowest BCUT2D eigenvalue weighted by Crippen LogP contribution is -2.34. The molecule has 0 aliphatic rings. The summed E-state index contributed by atoms with van der Waals surface area (Å²) in [6.45, 7) is -0.473. The second-order valence-electron chi connectivity index (χ2n) is 5.00. The molecule has 0 atom stereocenters. The van der Waals surface area contributed by atoms with E-state index in [4.69, 9.17) is 5.11 Å². The minimum atomic E-state index is -4.28. The average Bonchev–Trinajstić information content (AvgIpc) is 2.55. The van der Waals surface area contributed by atoms with Crippen LogP contribution in [0.1, 0.15) is 16.8 Å². The predicted molar refractivity (Wildman–Crippen MR) is 86.6 cm³/mol. The molecule has 9 heteroatoms. The molecule has 2 aromatic rings. The molecular weight excluding hydrogens is 353 g/mol. The van der Waals surface area contributed by atoms with E-state index in [9.17, 15) is 27.5 Å². The number of hydrogen-bond acceptors (Lipinski definition) is 4. The van der Waals surface area contributed by atoms with Crippen LogP contribution >= 0.6 is 0 Å². The zero-order valence-corrected chi connectivity index (χ0v) is 13.6. The van der Waals surface area contributed by atoms with Crippen LogP contribution in [-0.2, 0) is 14.8 Å². The van der Waals surface area contributed by atoms with Crippen LogP contribution in [0.15, 0.2) is 53.4 Å². The van der Waals surface area contributed by atoms with Gasteiger partial charge in [-0.25, -0.2) is 17.6 Å². The number of aliphatic carboxylic acids is 1. The van der Waals surface area contributed by atoms with E-state index in [1.54, 1.807) is 0 Å². The largest absolute Gasteiger partial charge is 0.481 e. The number of nitrogens with zero attached hydrogens (tertiary/aromatic N) is 1. The number of benzene rings is 2. The quantitative estimate of drug-likeness (QED) is 0.776. The summed E-state index contributed by atoms with van der Waals surface area (Å²) >= 11 is 0. The lowest BCUT2D eigenvalue weighted by atomic mass is 10.2. The van der Waals surface area contributed by atoms with Crippen LogP contribution in [0.4, 0.5) is 10.1 Å². The maximum Gasteiger partial charge on any atom is 0.337 e. The minimum absolute atomic E-state index is 0.166. The molecule has 0 radical (unpaired) electrons. The summed E-state index contributed by atoms with van der Waals surface area (Å²) in [5.74, 6) is -3.24. The van der Waals surface area contributed by atoms with Crippen LogP contribution in [-0.4, -0.2) is 37.1 Å². The lowest BCUT2D eigenvalue weighted by Gasteiger charge is -2.25. The third-order valence-corrected chi connectivity index (χ3v) is 5.16. The average molecular weight is 367 g/mol. The highest BCUT2D eigenvalue weighted by molar-refractivity contribution is 7.92. The molecule has 0 saturated carbocycles. The van der Waals surface area contributed by atoms with Gasteiger partial charge < -0.3 is 10.2 Å². The Labute approximate surface area is 143 Å². The van der Waals surface area contributed by atoms with Gasteiger partial charge >= 0.3 is 11.9 Å². The second kappa shape index (κ2) is 7.31. The molecule has 25 heavy (non-hydrogen) atoms. The molecule has 0 bridgehead atoms. The number of rotatable bonds is 7. The van der Waals surface area contributed by atoms with Crippen molar-refractivity contribution >= 4 is 27.6 Å². The Balaban J connectivity index is 2.58. The number of carboxylic acid groups (broad SMARTS) is 2. The Hall–Kier alpha value is -2.94. The first-order valence-corrected chi connectivity index (χ1v) is 8.50. The normalized spacial score (nSPS) is 11.1. The van der Waals surface area contributed by atoms with E-state index in [1.165, 1.54) is 24.3 Å². The Morgan fingerprint density at radius 1 is 1.00 bits per heavy atom. The number of carbonyl (C=O) groups is 2. The van der Waals surface area contributed by atoms with Crippen LogP contribution in [0.2, 0.25) is 0 Å². The molecule has 0 aliphatic heterocycles. The Bertz CT molecular complexity index is 895. The highest BCUT2D eigenvalue weighted by Crippen LogP contribution is 2.27. The van der Waals surface area contributed by atoms with Gasteiger partial charge in [-0.2, -0.15) is 0 Å². The van der Waals surface area contributed by atoms with Gasteiger partial charge in [0.05, 0.1) is 22.6 Å². The molecule has 0 spiro atoms. The number of halogens is 1. The van der Waals surface area contributed by atoms with Crippen molar-refractivity contribution in [3.63, 3.8) is 0 Å². The predicted octanol–water partition coefficient (Wildman–Crippen LogP) is 2.19. The molecule has 0 saturated heterocycles. The molecule has 132 valence electrons. The number of hydrogen-bond donors (Lipinski definition) is 2. The molecule has 0 aromatic heterocycles. The standard InChI is InChI=1S/C16H14FNO6S/c17-11-5-7-12(8-6-11)25(23,24)18(10-9-15(19)20)14-4-2-1-3-13(14)16(21)22/h1-8H,9-10H2,(H,19,20)(H,21,22). The Kier molecular flexibility index (Phi) is 5.38. The fourth-order valence-electron chi connectivity index (χ4n) is 2.17. The van der Waals surface area contributed by atoms with Crippen molar-refractivity contribution in [1.29, 1.82) is 0 Å². The van der Waals surface area contributed by atoms with Crippen molar-refractivity contribution in [2.75, 3.05) is 10.8 Å². The van der Waals surface area contributed by atoms with Crippen LogP contribution in [0, 0.1) is 5.82 Å². The van der Waals surface area contributed by atoms with E-state index < -0.39 is 40.7 Å². The molecule has 0 amide bonds. The van der Waals surface area contributed by atoms with Gasteiger partial charge in [0, 0.05) is 6.54 Å². The Morgan fingerprint density at radius 3 is 2.16 bits per heavy atom. The van der Waals surface area contributed by atoms with E-state index >= 15 is 0 Å². The fourth-order valence-corrected chi connectivity index (χ4v) is 3.66. The molecule has 0 heterocycles. The molecule has 2 N–H and O–H groups in total. The monoisotopic (exact) mass is 367 g/mol. The smallest absolute Gasteiger partial charge is 0.337 e. The number of carboxylic acids is 2. The fraction of sp³-hybridized carbons (Fsp3) is 0.125. The summed E-state index contributed by atoms with van der Waals surface area (Å²) in [6, 6.07) is 9.31. The van der Waals surface area contributed by atoms with Gasteiger partial charge in [-0.1, -0.05) is 12.1 Å². The van der Waals surface area contributed by atoms with Gasteiger partial charge in [0.25, 0.3) is 10.0 Å². The molecule has 0 fully saturated rings.